The second-order valence-electron chi connectivity index (χ2n) is 7.91. The number of carbonyl (C=O) groups is 1. The second-order valence-corrected chi connectivity index (χ2v) is 9.79. The quantitative estimate of drug-likeness (QED) is 0.635. The number of ether oxygens (including phenoxy) is 1. The molecule has 1 saturated heterocycles. The first kappa shape index (κ1) is 21.4. The highest BCUT2D eigenvalue weighted by Gasteiger charge is 2.27. The van der Waals surface area contributed by atoms with Crippen molar-refractivity contribution in [3.63, 3.8) is 0 Å². The van der Waals surface area contributed by atoms with E-state index in [9.17, 15) is 13.2 Å². The van der Waals surface area contributed by atoms with E-state index in [1.807, 2.05) is 24.0 Å². The van der Waals surface area contributed by atoms with Gasteiger partial charge in [-0.1, -0.05) is 6.07 Å². The van der Waals surface area contributed by atoms with E-state index in [1.54, 1.807) is 13.2 Å². The van der Waals surface area contributed by atoms with Crippen LogP contribution in [0.15, 0.2) is 47.5 Å². The van der Waals surface area contributed by atoms with E-state index in [0.29, 0.717) is 24.6 Å². The maximum Gasteiger partial charge on any atom is 0.254 e. The molecule has 0 atom stereocenters. The predicted octanol–water partition coefficient (Wildman–Crippen LogP) is 3.41. The summed E-state index contributed by atoms with van der Waals surface area (Å²) in [6, 6.07) is 10.7. The Kier molecular flexibility index (Phi) is 5.77. The zero-order chi connectivity index (χ0) is 22.2. The number of likely N-dealkylation sites (tertiary alicyclic amines) is 1. The van der Waals surface area contributed by atoms with E-state index in [2.05, 4.69) is 22.0 Å². The normalized spacial score (nSPS) is 15.4. The number of aromatic amines is 1. The molecular weight excluding hydrogens is 414 g/mol. The Morgan fingerprint density at radius 2 is 1.90 bits per heavy atom. The van der Waals surface area contributed by atoms with Gasteiger partial charge in [0.1, 0.15) is 5.75 Å². The first-order chi connectivity index (χ1) is 14.8. The number of nitrogens with one attached hydrogen (secondary N) is 2. The number of H-pyrrole nitrogens is 1. The number of hydrogen-bond donors (Lipinski definition) is 2. The van der Waals surface area contributed by atoms with E-state index in [0.717, 1.165) is 35.1 Å². The average molecular weight is 442 g/mol. The maximum absolute atomic E-state index is 13.2. The Labute approximate surface area is 182 Å². The Morgan fingerprint density at radius 1 is 1.16 bits per heavy atom. The molecular formula is C23H27N3O4S. The molecule has 0 bridgehead atoms. The molecule has 1 aromatic heterocycles. The topological polar surface area (TPSA) is 91.5 Å². The maximum atomic E-state index is 13.2. The molecule has 8 heteroatoms. The molecule has 3 aromatic rings. The van der Waals surface area contributed by atoms with Crippen molar-refractivity contribution < 1.29 is 17.9 Å². The number of methoxy groups -OCH3 is 1. The second kappa shape index (κ2) is 8.36. The summed E-state index contributed by atoms with van der Waals surface area (Å²) in [5.41, 5.74) is 3.53. The van der Waals surface area contributed by atoms with Crippen LogP contribution in [0.2, 0.25) is 0 Å². The number of piperidine rings is 1. The molecule has 2 heterocycles. The Balaban J connectivity index is 1.52. The van der Waals surface area contributed by atoms with Crippen LogP contribution in [0.5, 0.6) is 5.75 Å². The number of rotatable bonds is 5. The SMILES string of the molecule is CNS(=O)(=O)c1ccc(C)c(C(=O)N2CCC(c3c[nH]c4ccc(OC)cc34)CC2)c1. The number of fused-ring (bicyclic) bond motifs is 1. The molecule has 0 aliphatic carbocycles. The van der Waals surface area contributed by atoms with Crippen molar-refractivity contribution in [1.82, 2.24) is 14.6 Å². The molecule has 0 saturated carbocycles. The molecule has 2 aromatic carbocycles. The van der Waals surface area contributed by atoms with Gasteiger partial charge in [0.25, 0.3) is 5.91 Å². The number of aromatic nitrogens is 1. The lowest BCUT2D eigenvalue weighted by atomic mass is 9.89. The van der Waals surface area contributed by atoms with Crippen molar-refractivity contribution in [1.29, 1.82) is 0 Å². The van der Waals surface area contributed by atoms with E-state index in [-0.39, 0.29) is 10.8 Å². The first-order valence-electron chi connectivity index (χ1n) is 10.3. The van der Waals surface area contributed by atoms with Gasteiger partial charge in [0.15, 0.2) is 0 Å². The van der Waals surface area contributed by atoms with E-state index >= 15 is 0 Å². The monoisotopic (exact) mass is 441 g/mol. The highest BCUT2D eigenvalue weighted by Crippen LogP contribution is 2.35. The largest absolute Gasteiger partial charge is 0.497 e. The van der Waals surface area contributed by atoms with Gasteiger partial charge < -0.3 is 14.6 Å². The number of sulfonamides is 1. The lowest BCUT2D eigenvalue weighted by molar-refractivity contribution is 0.0712. The van der Waals surface area contributed by atoms with Crippen LogP contribution in [-0.2, 0) is 10.0 Å². The Bertz CT molecular complexity index is 1220. The van der Waals surface area contributed by atoms with Crippen molar-refractivity contribution in [2.75, 3.05) is 27.2 Å². The highest BCUT2D eigenvalue weighted by atomic mass is 32.2. The van der Waals surface area contributed by atoms with Gasteiger partial charge in [-0.25, -0.2) is 13.1 Å². The fourth-order valence-electron chi connectivity index (χ4n) is 4.27. The number of hydrogen-bond acceptors (Lipinski definition) is 4. The molecule has 1 aliphatic heterocycles. The van der Waals surface area contributed by atoms with Gasteiger partial charge in [0, 0.05) is 35.8 Å². The molecule has 0 unspecified atom stereocenters. The number of benzene rings is 2. The molecule has 164 valence electrons. The van der Waals surface area contributed by atoms with Crippen LogP contribution in [0.3, 0.4) is 0 Å². The fourth-order valence-corrected chi connectivity index (χ4v) is 5.02. The van der Waals surface area contributed by atoms with Gasteiger partial charge in [-0.3, -0.25) is 4.79 Å². The summed E-state index contributed by atoms with van der Waals surface area (Å²) in [7, 11) is -0.575. The summed E-state index contributed by atoms with van der Waals surface area (Å²) in [5, 5.41) is 1.16. The van der Waals surface area contributed by atoms with E-state index in [4.69, 9.17) is 4.74 Å². The molecule has 1 amide bonds. The lowest BCUT2D eigenvalue weighted by Crippen LogP contribution is -2.38. The van der Waals surface area contributed by atoms with E-state index < -0.39 is 10.0 Å². The Morgan fingerprint density at radius 3 is 2.58 bits per heavy atom. The molecule has 0 radical (unpaired) electrons. The van der Waals surface area contributed by atoms with Gasteiger partial charge >= 0.3 is 0 Å². The van der Waals surface area contributed by atoms with E-state index in [1.165, 1.54) is 24.7 Å². The smallest absolute Gasteiger partial charge is 0.254 e. The number of nitrogens with zero attached hydrogens (tertiary/aromatic N) is 1. The van der Waals surface area contributed by atoms with Crippen molar-refractivity contribution in [2.24, 2.45) is 0 Å². The van der Waals surface area contributed by atoms with Gasteiger partial charge in [-0.15, -0.1) is 0 Å². The minimum absolute atomic E-state index is 0.103. The summed E-state index contributed by atoms with van der Waals surface area (Å²) < 4.78 is 32.0. The van der Waals surface area contributed by atoms with Crippen LogP contribution in [0.1, 0.15) is 40.2 Å². The van der Waals surface area contributed by atoms with Gasteiger partial charge in [-0.05, 0) is 74.2 Å². The molecule has 4 rings (SSSR count). The summed E-state index contributed by atoms with van der Waals surface area (Å²) in [6.07, 6.45) is 3.76. The van der Waals surface area contributed by atoms with Crippen molar-refractivity contribution in [2.45, 2.75) is 30.6 Å². The minimum atomic E-state index is -3.60. The third-order valence-electron chi connectivity index (χ3n) is 6.16. The van der Waals surface area contributed by atoms with Gasteiger partial charge in [-0.2, -0.15) is 0 Å². The van der Waals surface area contributed by atoms with Crippen LogP contribution in [0, 0.1) is 6.92 Å². The average Bonchev–Trinajstić information content (AvgIpc) is 3.22. The number of aryl methyl sites for hydroxylation is 1. The first-order valence-corrected chi connectivity index (χ1v) is 11.8. The molecule has 1 aliphatic rings. The number of carbonyl (C=O) groups excluding carboxylic acids is 1. The van der Waals surface area contributed by atoms with Gasteiger partial charge in [0.05, 0.1) is 12.0 Å². The van der Waals surface area contributed by atoms with Crippen LogP contribution in [0.4, 0.5) is 0 Å². The van der Waals surface area contributed by atoms with Crippen molar-refractivity contribution in [3.8, 4) is 5.75 Å². The highest BCUT2D eigenvalue weighted by molar-refractivity contribution is 7.89. The molecule has 1 fully saturated rings. The predicted molar refractivity (Wildman–Crippen MR) is 120 cm³/mol. The Hall–Kier alpha value is -2.84. The molecule has 2 N–H and O–H groups in total. The lowest BCUT2D eigenvalue weighted by Gasteiger charge is -2.32. The molecule has 31 heavy (non-hydrogen) atoms. The van der Waals surface area contributed by atoms with Crippen molar-refractivity contribution in [3.05, 3.63) is 59.3 Å². The zero-order valence-corrected chi connectivity index (χ0v) is 18.8. The summed E-state index contributed by atoms with van der Waals surface area (Å²) in [5.74, 6) is 1.06. The summed E-state index contributed by atoms with van der Waals surface area (Å²) >= 11 is 0. The number of amides is 1. The minimum Gasteiger partial charge on any atom is -0.497 e. The zero-order valence-electron chi connectivity index (χ0n) is 17.9. The van der Waals surface area contributed by atoms with Crippen LogP contribution in [0.25, 0.3) is 10.9 Å². The molecule has 7 nitrogen and oxygen atoms in total. The summed E-state index contributed by atoms with van der Waals surface area (Å²) in [6.45, 7) is 3.08. The standard InChI is InChI=1S/C23H27N3O4S/c1-15-4-6-18(31(28,29)24-2)13-19(15)23(27)26-10-8-16(9-11-26)21-14-25-22-7-5-17(30-3)12-20(21)22/h4-7,12-14,16,24-25H,8-11H2,1-3H3. The van der Waals surface area contributed by atoms with Gasteiger partial charge in [0.2, 0.25) is 10.0 Å². The summed E-state index contributed by atoms with van der Waals surface area (Å²) in [4.78, 5) is 18.4. The van der Waals surface area contributed by atoms with Crippen LogP contribution < -0.4 is 9.46 Å². The van der Waals surface area contributed by atoms with Crippen molar-refractivity contribution >= 4 is 26.8 Å². The third kappa shape index (κ3) is 4.05. The fraction of sp³-hybridized carbons (Fsp3) is 0.348. The third-order valence-corrected chi connectivity index (χ3v) is 7.57. The molecule has 0 spiro atoms. The van der Waals surface area contributed by atoms with Crippen LogP contribution >= 0.6 is 0 Å². The van der Waals surface area contributed by atoms with Crippen LogP contribution in [-0.4, -0.2) is 51.5 Å².